The number of methoxy groups -OCH3 is 1. The van der Waals surface area contributed by atoms with Crippen LogP contribution in [-0.4, -0.2) is 23.0 Å². The van der Waals surface area contributed by atoms with Gasteiger partial charge in [-0.2, -0.15) is 0 Å². The molecular weight excluding hydrogens is 342 g/mol. The van der Waals surface area contributed by atoms with Gasteiger partial charge in [0.2, 0.25) is 0 Å². The molecule has 3 unspecified atom stereocenters. The quantitative estimate of drug-likeness (QED) is 0.739. The standard InChI is InChI=1S/C22H29NO2S/c1-4-6-14-22(5-2)16-26(24)20-13-12-18(25-3)15-19(20)21(23-22)17-10-8-7-9-11-17/h7-13,15,21,23H,4-6,14,16H2,1-3H3. The lowest BCUT2D eigenvalue weighted by atomic mass is 9.88. The van der Waals surface area contributed by atoms with E-state index in [0.29, 0.717) is 5.75 Å². The van der Waals surface area contributed by atoms with Gasteiger partial charge in [-0.3, -0.25) is 5.32 Å². The second-order valence-electron chi connectivity index (χ2n) is 7.12. The maximum Gasteiger partial charge on any atom is 0.158 e. The van der Waals surface area contributed by atoms with Gasteiger partial charge in [-0.1, -0.05) is 57.0 Å². The SMILES string of the molecule is CCCCC1(CC)C[S+]([O-])c2ccc(OC)cc2C(c2ccccc2)N1. The third-order valence-electron chi connectivity index (χ3n) is 5.45. The molecule has 0 radical (unpaired) electrons. The summed E-state index contributed by atoms with van der Waals surface area (Å²) in [4.78, 5) is 0.930. The fourth-order valence-corrected chi connectivity index (χ4v) is 5.54. The Labute approximate surface area is 160 Å². The summed E-state index contributed by atoms with van der Waals surface area (Å²) in [7, 11) is 1.68. The summed E-state index contributed by atoms with van der Waals surface area (Å²) in [5.74, 6) is 1.47. The van der Waals surface area contributed by atoms with E-state index in [1.165, 1.54) is 5.56 Å². The molecular formula is C22H29NO2S. The Balaban J connectivity index is 2.11. The van der Waals surface area contributed by atoms with Gasteiger partial charge < -0.3 is 9.29 Å². The first-order chi connectivity index (χ1) is 12.6. The van der Waals surface area contributed by atoms with Gasteiger partial charge in [0.15, 0.2) is 4.90 Å². The molecule has 4 heteroatoms. The number of nitrogens with one attached hydrogen (secondary N) is 1. The molecule has 2 aromatic rings. The first-order valence-electron chi connectivity index (χ1n) is 9.51. The zero-order chi connectivity index (χ0) is 18.6. The lowest BCUT2D eigenvalue weighted by Gasteiger charge is -2.35. The minimum atomic E-state index is -1.03. The minimum Gasteiger partial charge on any atom is -0.611 e. The van der Waals surface area contributed by atoms with Gasteiger partial charge in [-0.15, -0.1) is 0 Å². The molecule has 1 N–H and O–H groups in total. The number of rotatable bonds is 6. The molecule has 1 aliphatic heterocycles. The maximum absolute atomic E-state index is 13.2. The Hall–Kier alpha value is -1.49. The van der Waals surface area contributed by atoms with Crippen LogP contribution in [0, 0.1) is 0 Å². The summed E-state index contributed by atoms with van der Waals surface area (Å²) in [6.45, 7) is 4.42. The van der Waals surface area contributed by atoms with E-state index in [9.17, 15) is 4.55 Å². The summed E-state index contributed by atoms with van der Waals surface area (Å²) in [5.41, 5.74) is 2.16. The molecule has 0 amide bonds. The van der Waals surface area contributed by atoms with E-state index in [0.717, 1.165) is 41.9 Å². The van der Waals surface area contributed by atoms with Crippen LogP contribution >= 0.6 is 0 Å². The Morgan fingerprint density at radius 2 is 1.96 bits per heavy atom. The van der Waals surface area contributed by atoms with Crippen LogP contribution in [0.15, 0.2) is 53.4 Å². The molecule has 1 aliphatic rings. The third kappa shape index (κ3) is 3.93. The van der Waals surface area contributed by atoms with Crippen molar-refractivity contribution in [1.82, 2.24) is 5.32 Å². The zero-order valence-corrected chi connectivity index (χ0v) is 16.8. The number of hydrogen-bond donors (Lipinski definition) is 1. The smallest absolute Gasteiger partial charge is 0.158 e. The van der Waals surface area contributed by atoms with E-state index in [2.05, 4.69) is 43.4 Å². The van der Waals surface area contributed by atoms with E-state index < -0.39 is 11.2 Å². The molecule has 0 aliphatic carbocycles. The lowest BCUT2D eigenvalue weighted by Crippen LogP contribution is -2.50. The van der Waals surface area contributed by atoms with Crippen molar-refractivity contribution in [2.75, 3.05) is 12.9 Å². The molecule has 3 rings (SSSR count). The molecule has 0 saturated carbocycles. The average molecular weight is 372 g/mol. The highest BCUT2D eigenvalue weighted by atomic mass is 32.2. The topological polar surface area (TPSA) is 44.3 Å². The predicted octanol–water partition coefficient (Wildman–Crippen LogP) is 4.83. The Bertz CT molecular complexity index is 721. The molecule has 3 atom stereocenters. The van der Waals surface area contributed by atoms with Crippen LogP contribution in [0.1, 0.15) is 56.7 Å². The molecule has 0 bridgehead atoms. The Kier molecular flexibility index (Phi) is 6.28. The average Bonchev–Trinajstić information content (AvgIpc) is 2.81. The number of ether oxygens (including phenoxy) is 1. The first kappa shape index (κ1) is 19.3. The number of hydrogen-bond acceptors (Lipinski definition) is 3. The number of fused-ring (bicyclic) bond motifs is 1. The van der Waals surface area contributed by atoms with Crippen molar-refractivity contribution in [2.45, 2.75) is 56.0 Å². The highest BCUT2D eigenvalue weighted by molar-refractivity contribution is 7.91. The molecule has 140 valence electrons. The van der Waals surface area contributed by atoms with E-state index in [1.54, 1.807) is 7.11 Å². The summed E-state index contributed by atoms with van der Waals surface area (Å²) in [6, 6.07) is 16.4. The molecule has 3 nitrogen and oxygen atoms in total. The zero-order valence-electron chi connectivity index (χ0n) is 16.0. The second kappa shape index (κ2) is 8.47. The van der Waals surface area contributed by atoms with Crippen LogP contribution in [-0.2, 0) is 11.2 Å². The normalized spacial score (nSPS) is 25.4. The second-order valence-corrected chi connectivity index (χ2v) is 8.54. The summed E-state index contributed by atoms with van der Waals surface area (Å²) >= 11 is -1.03. The highest BCUT2D eigenvalue weighted by Gasteiger charge is 2.41. The van der Waals surface area contributed by atoms with Crippen molar-refractivity contribution >= 4 is 11.2 Å². The van der Waals surface area contributed by atoms with E-state index in [-0.39, 0.29) is 11.6 Å². The van der Waals surface area contributed by atoms with E-state index in [1.807, 2.05) is 24.3 Å². The van der Waals surface area contributed by atoms with Gasteiger partial charge in [-0.25, -0.2) is 0 Å². The number of unbranched alkanes of at least 4 members (excludes halogenated alkanes) is 1. The fourth-order valence-electron chi connectivity index (χ4n) is 3.79. The monoisotopic (exact) mass is 371 g/mol. The van der Waals surface area contributed by atoms with Crippen molar-refractivity contribution in [3.8, 4) is 5.75 Å². The molecule has 1 heterocycles. The van der Waals surface area contributed by atoms with E-state index in [4.69, 9.17) is 4.74 Å². The molecule has 26 heavy (non-hydrogen) atoms. The van der Waals surface area contributed by atoms with Gasteiger partial charge >= 0.3 is 0 Å². The number of benzene rings is 2. The van der Waals surface area contributed by atoms with E-state index >= 15 is 0 Å². The molecule has 0 spiro atoms. The summed E-state index contributed by atoms with van der Waals surface area (Å²) < 4.78 is 18.7. The largest absolute Gasteiger partial charge is 0.611 e. The summed E-state index contributed by atoms with van der Waals surface area (Å²) in [5, 5.41) is 3.92. The van der Waals surface area contributed by atoms with Crippen LogP contribution in [0.25, 0.3) is 0 Å². The third-order valence-corrected chi connectivity index (χ3v) is 7.13. The summed E-state index contributed by atoms with van der Waals surface area (Å²) in [6.07, 6.45) is 4.29. The van der Waals surface area contributed by atoms with Crippen molar-refractivity contribution in [1.29, 1.82) is 0 Å². The first-order valence-corrected chi connectivity index (χ1v) is 10.8. The Morgan fingerprint density at radius 3 is 2.62 bits per heavy atom. The Morgan fingerprint density at radius 1 is 1.19 bits per heavy atom. The van der Waals surface area contributed by atoms with Gasteiger partial charge in [0.25, 0.3) is 0 Å². The minimum absolute atomic E-state index is 0.0181. The van der Waals surface area contributed by atoms with Gasteiger partial charge in [0.05, 0.1) is 18.7 Å². The van der Waals surface area contributed by atoms with Gasteiger partial charge in [0, 0.05) is 5.56 Å². The van der Waals surface area contributed by atoms with Crippen molar-refractivity contribution < 1.29 is 9.29 Å². The lowest BCUT2D eigenvalue weighted by molar-refractivity contribution is 0.294. The predicted molar refractivity (Wildman–Crippen MR) is 108 cm³/mol. The molecule has 0 saturated heterocycles. The van der Waals surface area contributed by atoms with Gasteiger partial charge in [0.1, 0.15) is 11.5 Å². The van der Waals surface area contributed by atoms with Crippen molar-refractivity contribution in [3.05, 3.63) is 59.7 Å². The van der Waals surface area contributed by atoms with Crippen LogP contribution < -0.4 is 10.1 Å². The highest BCUT2D eigenvalue weighted by Crippen LogP contribution is 2.39. The van der Waals surface area contributed by atoms with Crippen molar-refractivity contribution in [2.24, 2.45) is 0 Å². The molecule has 2 aromatic carbocycles. The van der Waals surface area contributed by atoms with Crippen LogP contribution in [0.2, 0.25) is 0 Å². The fraction of sp³-hybridized carbons (Fsp3) is 0.455. The van der Waals surface area contributed by atoms with Crippen LogP contribution in [0.4, 0.5) is 0 Å². The molecule has 0 aromatic heterocycles. The van der Waals surface area contributed by atoms with Crippen LogP contribution in [0.5, 0.6) is 5.75 Å². The van der Waals surface area contributed by atoms with Gasteiger partial charge in [-0.05, 0) is 47.8 Å². The molecule has 0 fully saturated rings. The maximum atomic E-state index is 13.2. The van der Waals surface area contributed by atoms with Crippen molar-refractivity contribution in [3.63, 3.8) is 0 Å². The van der Waals surface area contributed by atoms with Crippen LogP contribution in [0.3, 0.4) is 0 Å².